The fourth-order valence-electron chi connectivity index (χ4n) is 3.08. The van der Waals surface area contributed by atoms with Gasteiger partial charge in [0, 0.05) is 0 Å². The molecule has 0 unspecified atom stereocenters. The van der Waals surface area contributed by atoms with Crippen LogP contribution in [-0.4, -0.2) is 13.1 Å². The predicted molar refractivity (Wildman–Crippen MR) is 78.4 cm³/mol. The third-order valence-electron chi connectivity index (χ3n) is 4.05. The molecule has 0 amide bonds. The van der Waals surface area contributed by atoms with E-state index in [2.05, 4.69) is 24.3 Å². The van der Waals surface area contributed by atoms with E-state index in [-0.39, 0.29) is 5.97 Å². The highest BCUT2D eigenvalue weighted by Crippen LogP contribution is 2.58. The number of esters is 1. The first kappa shape index (κ1) is 12.7. The molecule has 0 aromatic heterocycles. The molecular formula is C18H16O2. The molecule has 0 radical (unpaired) electrons. The molecule has 0 spiro atoms. The largest absolute Gasteiger partial charge is 0.466 e. The average Bonchev–Trinajstić information content (AvgIpc) is 3.15. The van der Waals surface area contributed by atoms with Gasteiger partial charge in [0.15, 0.2) is 0 Å². The highest BCUT2D eigenvalue weighted by Gasteiger charge is 2.57. The maximum absolute atomic E-state index is 12.1. The molecule has 0 saturated carbocycles. The minimum atomic E-state index is -0.407. The first-order valence-electron chi connectivity index (χ1n) is 6.64. The number of ether oxygens (including phenoxy) is 1. The summed E-state index contributed by atoms with van der Waals surface area (Å²) in [6.07, 6.45) is 0. The molecule has 0 saturated heterocycles. The quantitative estimate of drug-likeness (QED) is 0.793. The first-order chi connectivity index (χ1) is 9.72. The summed E-state index contributed by atoms with van der Waals surface area (Å²) in [5.74, 6) is -0.241. The van der Waals surface area contributed by atoms with Gasteiger partial charge in [-0.05, 0) is 23.6 Å². The summed E-state index contributed by atoms with van der Waals surface area (Å²) in [5, 5.41) is 0. The Bertz CT molecular complexity index is 630. The zero-order chi connectivity index (χ0) is 14.2. The highest BCUT2D eigenvalue weighted by atomic mass is 16.5. The number of hydrogen-bond acceptors (Lipinski definition) is 2. The van der Waals surface area contributed by atoms with Gasteiger partial charge in [0.25, 0.3) is 0 Å². The van der Waals surface area contributed by atoms with Crippen molar-refractivity contribution in [3.63, 3.8) is 0 Å². The first-order valence-corrected chi connectivity index (χ1v) is 6.64. The summed E-state index contributed by atoms with van der Waals surface area (Å²) < 4.78 is 4.95. The molecule has 3 rings (SSSR count). The summed E-state index contributed by atoms with van der Waals surface area (Å²) in [7, 11) is 1.43. The van der Waals surface area contributed by atoms with E-state index in [0.717, 1.165) is 22.3 Å². The normalized spacial score (nSPS) is 15.9. The topological polar surface area (TPSA) is 26.3 Å². The monoisotopic (exact) mass is 264 g/mol. The second-order valence-electron chi connectivity index (χ2n) is 4.97. The Kier molecular flexibility index (Phi) is 2.94. The lowest BCUT2D eigenvalue weighted by Gasteiger charge is -2.20. The average molecular weight is 264 g/mol. The van der Waals surface area contributed by atoms with E-state index in [1.807, 2.05) is 43.3 Å². The lowest BCUT2D eigenvalue weighted by Crippen LogP contribution is -2.19. The van der Waals surface area contributed by atoms with Crippen LogP contribution < -0.4 is 0 Å². The van der Waals surface area contributed by atoms with Crippen molar-refractivity contribution in [2.75, 3.05) is 7.11 Å². The third-order valence-corrected chi connectivity index (χ3v) is 4.05. The van der Waals surface area contributed by atoms with Gasteiger partial charge in [-0.1, -0.05) is 60.7 Å². The van der Waals surface area contributed by atoms with Gasteiger partial charge in [-0.15, -0.1) is 0 Å². The van der Waals surface area contributed by atoms with Crippen LogP contribution in [0.4, 0.5) is 0 Å². The lowest BCUT2D eigenvalue weighted by atomic mass is 9.81. The molecule has 0 bridgehead atoms. The molecule has 0 heterocycles. The maximum atomic E-state index is 12.1. The van der Waals surface area contributed by atoms with E-state index in [4.69, 9.17) is 4.74 Å². The molecule has 2 aromatic rings. The smallest absolute Gasteiger partial charge is 0.335 e. The third kappa shape index (κ3) is 1.61. The molecule has 0 N–H and O–H groups in total. The number of methoxy groups -OCH3 is 1. The van der Waals surface area contributed by atoms with Crippen LogP contribution in [0.15, 0.2) is 71.8 Å². The molecule has 0 aliphatic heterocycles. The Morgan fingerprint density at radius 2 is 1.35 bits per heavy atom. The van der Waals surface area contributed by atoms with Crippen molar-refractivity contribution in [1.82, 2.24) is 0 Å². The van der Waals surface area contributed by atoms with Gasteiger partial charge in [-0.2, -0.15) is 0 Å². The standard InChI is InChI=1S/C18H16O2/c1-13-16(17(19)20-2)18(13,14-9-5-3-6-10-14)15-11-7-4-8-12-15/h3-12H,1-2H3. The van der Waals surface area contributed by atoms with E-state index in [1.165, 1.54) is 7.11 Å². The van der Waals surface area contributed by atoms with Crippen LogP contribution in [0.1, 0.15) is 18.1 Å². The van der Waals surface area contributed by atoms with Crippen molar-refractivity contribution in [1.29, 1.82) is 0 Å². The Balaban J connectivity index is 2.16. The number of rotatable bonds is 3. The summed E-state index contributed by atoms with van der Waals surface area (Å²) >= 11 is 0. The van der Waals surface area contributed by atoms with Crippen LogP contribution in [0.2, 0.25) is 0 Å². The van der Waals surface area contributed by atoms with Crippen molar-refractivity contribution in [3.8, 4) is 0 Å². The predicted octanol–water partition coefficient (Wildman–Crippen LogP) is 3.48. The molecule has 100 valence electrons. The maximum Gasteiger partial charge on any atom is 0.335 e. The zero-order valence-electron chi connectivity index (χ0n) is 11.6. The molecule has 0 fully saturated rings. The summed E-state index contributed by atoms with van der Waals surface area (Å²) in [4.78, 5) is 12.1. The fraction of sp³-hybridized carbons (Fsp3) is 0.167. The van der Waals surface area contributed by atoms with Crippen LogP contribution >= 0.6 is 0 Å². The lowest BCUT2D eigenvalue weighted by molar-refractivity contribution is -0.135. The number of carbonyl (C=O) groups is 1. The highest BCUT2D eigenvalue weighted by molar-refractivity contribution is 6.03. The van der Waals surface area contributed by atoms with E-state index in [0.29, 0.717) is 0 Å². The van der Waals surface area contributed by atoms with E-state index >= 15 is 0 Å². The Hall–Kier alpha value is -2.35. The fourth-order valence-corrected chi connectivity index (χ4v) is 3.08. The van der Waals surface area contributed by atoms with Crippen molar-refractivity contribution >= 4 is 5.97 Å². The summed E-state index contributed by atoms with van der Waals surface area (Å²) in [5.41, 5.74) is 3.66. The number of benzene rings is 2. The summed E-state index contributed by atoms with van der Waals surface area (Å²) in [6.45, 7) is 2.01. The van der Waals surface area contributed by atoms with Crippen LogP contribution in [0.3, 0.4) is 0 Å². The Labute approximate surface area is 118 Å². The Morgan fingerprint density at radius 3 is 1.75 bits per heavy atom. The van der Waals surface area contributed by atoms with Gasteiger partial charge in [-0.3, -0.25) is 0 Å². The zero-order valence-corrected chi connectivity index (χ0v) is 11.6. The molecule has 20 heavy (non-hydrogen) atoms. The number of hydrogen-bond donors (Lipinski definition) is 0. The second kappa shape index (κ2) is 4.64. The van der Waals surface area contributed by atoms with Crippen molar-refractivity contribution < 1.29 is 9.53 Å². The van der Waals surface area contributed by atoms with E-state index in [1.54, 1.807) is 0 Å². The molecule has 1 aliphatic carbocycles. The van der Waals surface area contributed by atoms with Crippen LogP contribution in [-0.2, 0) is 14.9 Å². The molecule has 0 atom stereocenters. The summed E-state index contributed by atoms with van der Waals surface area (Å²) in [6, 6.07) is 20.2. The minimum absolute atomic E-state index is 0.241. The number of carbonyl (C=O) groups excluding carboxylic acids is 1. The van der Waals surface area contributed by atoms with Gasteiger partial charge < -0.3 is 4.74 Å². The van der Waals surface area contributed by atoms with Crippen molar-refractivity contribution in [2.45, 2.75) is 12.3 Å². The van der Waals surface area contributed by atoms with Gasteiger partial charge in [0.2, 0.25) is 0 Å². The number of allylic oxidation sites excluding steroid dienone is 1. The molecule has 2 nitrogen and oxygen atoms in total. The second-order valence-corrected chi connectivity index (χ2v) is 4.97. The van der Waals surface area contributed by atoms with Crippen LogP contribution in [0.25, 0.3) is 0 Å². The van der Waals surface area contributed by atoms with Crippen molar-refractivity contribution in [2.24, 2.45) is 0 Å². The van der Waals surface area contributed by atoms with Crippen LogP contribution in [0, 0.1) is 0 Å². The van der Waals surface area contributed by atoms with E-state index in [9.17, 15) is 4.79 Å². The Morgan fingerprint density at radius 1 is 0.900 bits per heavy atom. The molecule has 2 aromatic carbocycles. The van der Waals surface area contributed by atoms with Gasteiger partial charge in [0.1, 0.15) is 0 Å². The molecule has 1 aliphatic rings. The van der Waals surface area contributed by atoms with Gasteiger partial charge in [0.05, 0.1) is 18.1 Å². The van der Waals surface area contributed by atoms with Crippen molar-refractivity contribution in [3.05, 3.63) is 82.9 Å². The van der Waals surface area contributed by atoms with Crippen LogP contribution in [0.5, 0.6) is 0 Å². The molecule has 2 heteroatoms. The SMILES string of the molecule is COC(=O)C1=C(C)C1(c1ccccc1)c1ccccc1. The van der Waals surface area contributed by atoms with Gasteiger partial charge in [-0.25, -0.2) is 4.79 Å². The molecular weight excluding hydrogens is 248 g/mol. The van der Waals surface area contributed by atoms with E-state index < -0.39 is 5.41 Å². The minimum Gasteiger partial charge on any atom is -0.466 e. The van der Waals surface area contributed by atoms with Gasteiger partial charge >= 0.3 is 5.97 Å².